The molecule has 4 aromatic rings. The maximum atomic E-state index is 13.7. The smallest absolute Gasteiger partial charge is 0.321 e. The van der Waals surface area contributed by atoms with E-state index in [0.717, 1.165) is 22.0 Å². The van der Waals surface area contributed by atoms with Crippen LogP contribution in [0.2, 0.25) is 0 Å². The molecule has 5 rings (SSSR count). The van der Waals surface area contributed by atoms with Gasteiger partial charge in [-0.05, 0) is 36.6 Å². The lowest BCUT2D eigenvalue weighted by molar-refractivity contribution is 0.0356. The minimum Gasteiger partial charge on any atom is -0.472 e. The highest BCUT2D eigenvalue weighted by Crippen LogP contribution is 2.28. The summed E-state index contributed by atoms with van der Waals surface area (Å²) in [6.07, 6.45) is 1.12. The first kappa shape index (κ1) is 28.7. The van der Waals surface area contributed by atoms with E-state index >= 15 is 0 Å². The summed E-state index contributed by atoms with van der Waals surface area (Å²) >= 11 is 0. The number of anilines is 1. The van der Waals surface area contributed by atoms with E-state index in [9.17, 15) is 14.7 Å². The number of amides is 3. The molecule has 8 heteroatoms. The van der Waals surface area contributed by atoms with Crippen LogP contribution in [0.1, 0.15) is 35.3 Å². The van der Waals surface area contributed by atoms with E-state index in [4.69, 9.17) is 4.74 Å². The van der Waals surface area contributed by atoms with Crippen LogP contribution in [0.4, 0.5) is 10.5 Å². The van der Waals surface area contributed by atoms with Crippen LogP contribution in [-0.4, -0.2) is 70.7 Å². The highest BCUT2D eigenvalue weighted by molar-refractivity contribution is 6.01. The first-order valence-corrected chi connectivity index (χ1v) is 14.0. The van der Waals surface area contributed by atoms with E-state index in [-0.39, 0.29) is 42.5 Å². The van der Waals surface area contributed by atoms with Crippen molar-refractivity contribution >= 4 is 28.4 Å². The predicted octanol–water partition coefficient (Wildman–Crippen LogP) is 5.02. The van der Waals surface area contributed by atoms with Crippen molar-refractivity contribution in [2.45, 2.75) is 26.0 Å². The molecule has 0 spiro atoms. The largest absolute Gasteiger partial charge is 0.472 e. The lowest BCUT2D eigenvalue weighted by atomic mass is 10.00. The molecule has 42 heavy (non-hydrogen) atoms. The Labute approximate surface area is 245 Å². The van der Waals surface area contributed by atoms with Gasteiger partial charge in [-0.25, -0.2) is 9.78 Å². The number of hydrogen-bond donors (Lipinski definition) is 2. The van der Waals surface area contributed by atoms with E-state index in [1.807, 2.05) is 79.7 Å². The second-order valence-corrected chi connectivity index (χ2v) is 10.7. The van der Waals surface area contributed by atoms with Crippen molar-refractivity contribution in [2.75, 3.05) is 32.1 Å². The van der Waals surface area contributed by atoms with Crippen molar-refractivity contribution in [2.24, 2.45) is 5.92 Å². The highest BCUT2D eigenvalue weighted by atomic mass is 16.5. The van der Waals surface area contributed by atoms with Gasteiger partial charge in [-0.1, -0.05) is 73.4 Å². The van der Waals surface area contributed by atoms with Crippen molar-refractivity contribution in [3.8, 4) is 17.7 Å². The Morgan fingerprint density at radius 3 is 2.60 bits per heavy atom. The van der Waals surface area contributed by atoms with E-state index in [1.165, 1.54) is 0 Å². The number of ether oxygens (including phenoxy) is 1. The van der Waals surface area contributed by atoms with Crippen LogP contribution in [-0.2, 0) is 0 Å². The predicted molar refractivity (Wildman–Crippen MR) is 163 cm³/mol. The molecule has 0 saturated heterocycles. The molecule has 214 valence electrons. The van der Waals surface area contributed by atoms with E-state index in [2.05, 4.69) is 22.1 Å². The Kier molecular flexibility index (Phi) is 8.70. The van der Waals surface area contributed by atoms with Gasteiger partial charge < -0.3 is 25.0 Å². The third kappa shape index (κ3) is 6.37. The van der Waals surface area contributed by atoms with Crippen molar-refractivity contribution in [1.82, 2.24) is 14.8 Å². The van der Waals surface area contributed by atoms with Crippen LogP contribution in [0.3, 0.4) is 0 Å². The Morgan fingerprint density at radius 1 is 1.10 bits per heavy atom. The van der Waals surface area contributed by atoms with Gasteiger partial charge in [0.2, 0.25) is 5.88 Å². The number of urea groups is 1. The maximum absolute atomic E-state index is 13.7. The molecule has 2 heterocycles. The monoisotopic (exact) mass is 562 g/mol. The summed E-state index contributed by atoms with van der Waals surface area (Å²) < 4.78 is 6.35. The van der Waals surface area contributed by atoms with Gasteiger partial charge in [0.15, 0.2) is 0 Å². The second kappa shape index (κ2) is 12.8. The molecule has 3 atom stereocenters. The molecule has 0 unspecified atom stereocenters. The number of pyridine rings is 1. The number of aliphatic hydroxyl groups excluding tert-OH is 1. The molecule has 1 aliphatic rings. The molecule has 3 amide bonds. The van der Waals surface area contributed by atoms with Crippen LogP contribution in [0, 0.1) is 17.8 Å². The Bertz CT molecular complexity index is 1640. The lowest BCUT2D eigenvalue weighted by Gasteiger charge is -2.37. The Balaban J connectivity index is 1.40. The Hall–Kier alpha value is -4.87. The standard InChI is InChI=1S/C34H34N4O4/c1-23-20-38(24(2)22-39)33(40)29-18-26(17-16-25-10-5-4-6-11-25)19-35-32(29)42-31(23)21-37(3)34(41)36-30-15-9-13-27-12-7-8-14-28(27)30/h4-15,18-19,23-24,31,39H,20-22H2,1-3H3,(H,36,41)/t23-,24+,31-/m0/s1. The molecule has 0 bridgehead atoms. The van der Waals surface area contributed by atoms with Crippen LogP contribution in [0.15, 0.2) is 85.1 Å². The Morgan fingerprint density at radius 2 is 1.81 bits per heavy atom. The maximum Gasteiger partial charge on any atom is 0.321 e. The summed E-state index contributed by atoms with van der Waals surface area (Å²) in [4.78, 5) is 34.7. The van der Waals surface area contributed by atoms with Crippen molar-refractivity contribution < 1.29 is 19.4 Å². The normalized spacial score (nSPS) is 17.1. The topological polar surface area (TPSA) is 95.0 Å². The highest BCUT2D eigenvalue weighted by Gasteiger charge is 2.34. The zero-order chi connectivity index (χ0) is 29.6. The van der Waals surface area contributed by atoms with Gasteiger partial charge in [-0.3, -0.25) is 4.79 Å². The first-order chi connectivity index (χ1) is 20.3. The number of nitrogens with one attached hydrogen (secondary N) is 1. The summed E-state index contributed by atoms with van der Waals surface area (Å²) in [5, 5.41) is 14.9. The fraction of sp³-hybridized carbons (Fsp3) is 0.265. The number of nitrogens with zero attached hydrogens (tertiary/aromatic N) is 3. The number of fused-ring (bicyclic) bond motifs is 2. The van der Waals surface area contributed by atoms with Crippen LogP contribution < -0.4 is 10.1 Å². The molecule has 3 aromatic carbocycles. The second-order valence-electron chi connectivity index (χ2n) is 10.7. The van der Waals surface area contributed by atoms with E-state index in [1.54, 1.807) is 36.0 Å². The summed E-state index contributed by atoms with van der Waals surface area (Å²) in [6.45, 7) is 4.18. The molecule has 8 nitrogen and oxygen atoms in total. The van der Waals surface area contributed by atoms with E-state index < -0.39 is 12.1 Å². The number of hydrogen-bond acceptors (Lipinski definition) is 5. The minimum atomic E-state index is -0.470. The number of carbonyl (C=O) groups excluding carboxylic acids is 2. The molecule has 0 saturated carbocycles. The lowest BCUT2D eigenvalue weighted by Crippen LogP contribution is -2.50. The third-order valence-corrected chi connectivity index (χ3v) is 7.48. The molecular formula is C34H34N4O4. The molecule has 0 radical (unpaired) electrons. The van der Waals surface area contributed by atoms with Gasteiger partial charge in [0.25, 0.3) is 5.91 Å². The van der Waals surface area contributed by atoms with Gasteiger partial charge in [0, 0.05) is 42.2 Å². The average molecular weight is 563 g/mol. The van der Waals surface area contributed by atoms with Crippen molar-refractivity contribution in [3.05, 3.63) is 102 Å². The van der Waals surface area contributed by atoms with Crippen molar-refractivity contribution in [1.29, 1.82) is 0 Å². The number of likely N-dealkylation sites (N-methyl/N-ethyl adjacent to an activating group) is 1. The fourth-order valence-electron chi connectivity index (χ4n) is 4.95. The average Bonchev–Trinajstić information content (AvgIpc) is 3.02. The zero-order valence-electron chi connectivity index (χ0n) is 23.9. The number of rotatable bonds is 5. The van der Waals surface area contributed by atoms with Gasteiger partial charge in [-0.2, -0.15) is 0 Å². The first-order valence-electron chi connectivity index (χ1n) is 14.0. The molecule has 1 aromatic heterocycles. The molecule has 1 aliphatic heterocycles. The molecule has 0 fully saturated rings. The van der Waals surface area contributed by atoms with E-state index in [0.29, 0.717) is 12.1 Å². The fourth-order valence-corrected chi connectivity index (χ4v) is 4.95. The van der Waals surface area contributed by atoms with Gasteiger partial charge >= 0.3 is 6.03 Å². The SMILES string of the molecule is C[C@H](CO)N1C[C@H](C)[C@H](CN(C)C(=O)Nc2cccc3ccccc23)Oc2ncc(C#Cc3ccccc3)cc2C1=O. The quantitative estimate of drug-likeness (QED) is 0.333. The zero-order valence-corrected chi connectivity index (χ0v) is 23.9. The third-order valence-electron chi connectivity index (χ3n) is 7.48. The minimum absolute atomic E-state index is 0.164. The van der Waals surface area contributed by atoms with Gasteiger partial charge in [-0.15, -0.1) is 0 Å². The number of benzene rings is 3. The molecule has 0 aliphatic carbocycles. The summed E-state index contributed by atoms with van der Waals surface area (Å²) in [6, 6.07) is 24.2. The summed E-state index contributed by atoms with van der Waals surface area (Å²) in [5.41, 5.74) is 2.42. The van der Waals surface area contributed by atoms with Crippen molar-refractivity contribution in [3.63, 3.8) is 0 Å². The number of carbonyl (C=O) groups is 2. The van der Waals surface area contributed by atoms with Gasteiger partial charge in [0.05, 0.1) is 24.9 Å². The molecular weight excluding hydrogens is 528 g/mol. The summed E-state index contributed by atoms with van der Waals surface area (Å²) in [7, 11) is 1.71. The van der Waals surface area contributed by atoms with Crippen LogP contribution >= 0.6 is 0 Å². The summed E-state index contributed by atoms with van der Waals surface area (Å²) in [5.74, 6) is 5.91. The van der Waals surface area contributed by atoms with Crippen LogP contribution in [0.5, 0.6) is 5.88 Å². The number of aliphatic hydroxyl groups is 1. The van der Waals surface area contributed by atoms with Gasteiger partial charge in [0.1, 0.15) is 11.7 Å². The number of aromatic nitrogens is 1. The van der Waals surface area contributed by atoms with Crippen LogP contribution in [0.25, 0.3) is 10.8 Å². The molecule has 2 N–H and O–H groups in total.